The zero-order valence-electron chi connectivity index (χ0n) is 16.9. The molecule has 0 bridgehead atoms. The first-order valence-electron chi connectivity index (χ1n) is 9.61. The molecule has 4 N–H and O–H groups in total. The lowest BCUT2D eigenvalue weighted by Gasteiger charge is -2.09. The van der Waals surface area contributed by atoms with Gasteiger partial charge in [0, 0.05) is 56.1 Å². The molecule has 0 unspecified atom stereocenters. The minimum Gasteiger partial charge on any atom is -0.404 e. The van der Waals surface area contributed by atoms with Gasteiger partial charge >= 0.3 is 0 Å². The Balaban J connectivity index is 1.52. The summed E-state index contributed by atoms with van der Waals surface area (Å²) in [4.78, 5) is 36.8. The molecule has 3 rings (SSSR count). The maximum absolute atomic E-state index is 12.4. The number of carbonyl (C=O) groups excluding carboxylic acids is 2. The molecule has 32 heavy (non-hydrogen) atoms. The van der Waals surface area contributed by atoms with Gasteiger partial charge in [-0.05, 0) is 35.4 Å². The Bertz CT molecular complexity index is 1120. The lowest BCUT2D eigenvalue weighted by molar-refractivity contribution is -0.115. The topological polar surface area (TPSA) is 123 Å². The van der Waals surface area contributed by atoms with Gasteiger partial charge in [-0.1, -0.05) is 29.3 Å². The molecule has 8 nitrogen and oxygen atoms in total. The molecule has 2 aromatic heterocycles. The van der Waals surface area contributed by atoms with E-state index in [-0.39, 0.29) is 30.4 Å². The van der Waals surface area contributed by atoms with Crippen LogP contribution in [0, 0.1) is 0 Å². The van der Waals surface area contributed by atoms with Crippen LogP contribution in [-0.2, 0) is 11.2 Å². The predicted molar refractivity (Wildman–Crippen MR) is 123 cm³/mol. The second-order valence-electron chi connectivity index (χ2n) is 6.67. The van der Waals surface area contributed by atoms with Gasteiger partial charge in [0.1, 0.15) is 0 Å². The highest BCUT2D eigenvalue weighted by molar-refractivity contribution is 6.42. The predicted octanol–water partition coefficient (Wildman–Crippen LogP) is 2.62. The number of nitrogens with zero attached hydrogens (tertiary/aromatic N) is 3. The quantitative estimate of drug-likeness (QED) is 0.343. The summed E-state index contributed by atoms with van der Waals surface area (Å²) in [6, 6.07) is 8.59. The van der Waals surface area contributed by atoms with Crippen LogP contribution in [0.4, 0.5) is 0 Å². The molecule has 3 aromatic rings. The number of hydrogen-bond donors (Lipinski definition) is 3. The van der Waals surface area contributed by atoms with Gasteiger partial charge in [-0.3, -0.25) is 14.6 Å². The van der Waals surface area contributed by atoms with Crippen LogP contribution in [0.25, 0.3) is 5.57 Å². The van der Waals surface area contributed by atoms with E-state index in [9.17, 15) is 9.59 Å². The van der Waals surface area contributed by atoms with Crippen LogP contribution in [0.5, 0.6) is 0 Å². The van der Waals surface area contributed by atoms with Crippen LogP contribution in [0.15, 0.2) is 61.3 Å². The van der Waals surface area contributed by atoms with Crippen molar-refractivity contribution in [3.8, 4) is 0 Å². The summed E-state index contributed by atoms with van der Waals surface area (Å²) in [5.41, 5.74) is 8.03. The number of nitrogens with two attached hydrogens (primary N) is 1. The second kappa shape index (κ2) is 11.2. The highest BCUT2D eigenvalue weighted by atomic mass is 35.5. The van der Waals surface area contributed by atoms with Gasteiger partial charge in [0.2, 0.25) is 0 Å². The van der Waals surface area contributed by atoms with Crippen LogP contribution in [0.2, 0.25) is 10.0 Å². The molecule has 0 spiro atoms. The molecule has 0 radical (unpaired) electrons. The fraction of sp³-hybridized carbons (Fsp3) is 0.136. The number of halogens is 2. The van der Waals surface area contributed by atoms with E-state index in [2.05, 4.69) is 25.6 Å². The lowest BCUT2D eigenvalue weighted by atomic mass is 10.1. The first kappa shape index (κ1) is 23.2. The Morgan fingerprint density at radius 3 is 2.28 bits per heavy atom. The van der Waals surface area contributed by atoms with Crippen LogP contribution in [0.1, 0.15) is 27.3 Å². The molecule has 0 saturated carbocycles. The van der Waals surface area contributed by atoms with Crippen molar-refractivity contribution in [2.45, 2.75) is 6.42 Å². The first-order chi connectivity index (χ1) is 15.5. The number of amides is 2. The number of benzene rings is 1. The summed E-state index contributed by atoms with van der Waals surface area (Å²) < 4.78 is 0. The molecule has 2 amide bonds. The highest BCUT2D eigenvalue weighted by Gasteiger charge is 2.14. The van der Waals surface area contributed by atoms with E-state index in [1.54, 1.807) is 36.7 Å². The lowest BCUT2D eigenvalue weighted by Crippen LogP contribution is -2.35. The molecule has 0 saturated heterocycles. The molecular formula is C22H20Cl2N6O2. The van der Waals surface area contributed by atoms with Gasteiger partial charge in [0.15, 0.2) is 5.82 Å². The molecule has 2 heterocycles. The molecule has 164 valence electrons. The maximum Gasteiger partial charge on any atom is 0.256 e. The summed E-state index contributed by atoms with van der Waals surface area (Å²) in [6.45, 7) is 0.455. The third-order valence-corrected chi connectivity index (χ3v) is 5.13. The molecule has 0 fully saturated rings. The average Bonchev–Trinajstić information content (AvgIpc) is 2.81. The Labute approximate surface area is 194 Å². The second-order valence-corrected chi connectivity index (χ2v) is 7.48. The van der Waals surface area contributed by atoms with Crippen LogP contribution in [-0.4, -0.2) is 39.9 Å². The first-order valence-corrected chi connectivity index (χ1v) is 10.4. The minimum atomic E-state index is -0.442. The molecule has 1 aromatic carbocycles. The SMILES string of the molecule is N/C=C(/C(=O)NCCNC(=O)c1ccncc1)c1ncc(Cc2ccc(Cl)c(Cl)c2)cn1. The molecule has 0 aliphatic carbocycles. The van der Waals surface area contributed by atoms with Crippen molar-refractivity contribution in [2.75, 3.05) is 13.1 Å². The van der Waals surface area contributed by atoms with E-state index in [1.165, 1.54) is 12.4 Å². The number of pyridine rings is 1. The maximum atomic E-state index is 12.4. The molecule has 10 heteroatoms. The Morgan fingerprint density at radius 2 is 1.62 bits per heavy atom. The third-order valence-electron chi connectivity index (χ3n) is 4.39. The van der Waals surface area contributed by atoms with Gasteiger partial charge < -0.3 is 16.4 Å². The van der Waals surface area contributed by atoms with Crippen molar-refractivity contribution in [1.82, 2.24) is 25.6 Å². The van der Waals surface area contributed by atoms with Crippen molar-refractivity contribution >= 4 is 40.6 Å². The number of rotatable bonds is 8. The summed E-state index contributed by atoms with van der Waals surface area (Å²) >= 11 is 12.0. The van der Waals surface area contributed by atoms with E-state index in [4.69, 9.17) is 28.9 Å². The number of aromatic nitrogens is 3. The van der Waals surface area contributed by atoms with Crippen LogP contribution >= 0.6 is 23.2 Å². The number of nitrogens with one attached hydrogen (secondary N) is 2. The van der Waals surface area contributed by atoms with E-state index in [1.807, 2.05) is 6.07 Å². The average molecular weight is 471 g/mol. The Morgan fingerprint density at radius 1 is 0.938 bits per heavy atom. The van der Waals surface area contributed by atoms with E-state index >= 15 is 0 Å². The number of carbonyl (C=O) groups is 2. The molecule has 0 atom stereocenters. The van der Waals surface area contributed by atoms with Gasteiger partial charge in [-0.15, -0.1) is 0 Å². The molecular weight excluding hydrogens is 451 g/mol. The fourth-order valence-corrected chi connectivity index (χ4v) is 3.10. The van der Waals surface area contributed by atoms with E-state index in [0.29, 0.717) is 22.0 Å². The smallest absolute Gasteiger partial charge is 0.256 e. The van der Waals surface area contributed by atoms with Crippen molar-refractivity contribution in [3.05, 3.63) is 93.9 Å². The largest absolute Gasteiger partial charge is 0.404 e. The standard InChI is InChI=1S/C22H20Cl2N6O2/c23-18-2-1-14(10-19(18)24)9-15-12-29-20(30-13-15)17(11-25)22(32)28-8-7-27-21(31)16-3-5-26-6-4-16/h1-6,10-13H,7-9,25H2,(H,27,31)(H,28,32)/b17-11+. The third kappa shape index (κ3) is 6.26. The summed E-state index contributed by atoms with van der Waals surface area (Å²) in [5.74, 6) is -0.497. The zero-order valence-corrected chi connectivity index (χ0v) is 18.4. The number of hydrogen-bond acceptors (Lipinski definition) is 6. The normalized spacial score (nSPS) is 11.1. The monoisotopic (exact) mass is 470 g/mol. The molecule has 0 aliphatic rings. The minimum absolute atomic E-state index is 0.131. The summed E-state index contributed by atoms with van der Waals surface area (Å²) in [5, 5.41) is 6.36. The van der Waals surface area contributed by atoms with Gasteiger partial charge in [-0.2, -0.15) is 0 Å². The van der Waals surface area contributed by atoms with Gasteiger partial charge in [-0.25, -0.2) is 9.97 Å². The zero-order chi connectivity index (χ0) is 22.9. The van der Waals surface area contributed by atoms with Gasteiger partial charge in [0.25, 0.3) is 11.8 Å². The van der Waals surface area contributed by atoms with Crippen LogP contribution in [0.3, 0.4) is 0 Å². The van der Waals surface area contributed by atoms with Crippen molar-refractivity contribution in [3.63, 3.8) is 0 Å². The van der Waals surface area contributed by atoms with E-state index < -0.39 is 5.91 Å². The van der Waals surface area contributed by atoms with Crippen LogP contribution < -0.4 is 16.4 Å². The summed E-state index contributed by atoms with van der Waals surface area (Å²) in [7, 11) is 0. The van der Waals surface area contributed by atoms with E-state index in [0.717, 1.165) is 17.3 Å². The molecule has 0 aliphatic heterocycles. The van der Waals surface area contributed by atoms with Crippen molar-refractivity contribution in [1.29, 1.82) is 0 Å². The van der Waals surface area contributed by atoms with Gasteiger partial charge in [0.05, 0.1) is 15.6 Å². The Hall–Kier alpha value is -3.49. The summed E-state index contributed by atoms with van der Waals surface area (Å²) in [6.07, 6.45) is 8.02. The highest BCUT2D eigenvalue weighted by Crippen LogP contribution is 2.23. The van der Waals surface area contributed by atoms with Crippen molar-refractivity contribution in [2.24, 2.45) is 5.73 Å². The fourth-order valence-electron chi connectivity index (χ4n) is 2.77. The Kier molecular flexibility index (Phi) is 8.13. The van der Waals surface area contributed by atoms with Crippen molar-refractivity contribution < 1.29 is 9.59 Å².